The first-order valence-corrected chi connectivity index (χ1v) is 10.9. The quantitative estimate of drug-likeness (QED) is 0.417. The number of nitrogen functional groups attached to an aromatic ring is 1. The zero-order valence-electron chi connectivity index (χ0n) is 18.6. The van der Waals surface area contributed by atoms with Crippen LogP contribution in [0, 0.1) is 0 Å². The number of aromatic nitrogens is 6. The molecule has 170 valence electrons. The Labute approximate surface area is 194 Å². The third-order valence-corrected chi connectivity index (χ3v) is 5.68. The summed E-state index contributed by atoms with van der Waals surface area (Å²) in [4.78, 5) is 35.9. The number of nitrogens with two attached hydrogens (primary N) is 1. The number of nitrogens with one attached hydrogen (secondary N) is 1. The number of hydrogen-bond donors (Lipinski definition) is 2. The van der Waals surface area contributed by atoms with E-state index in [0.29, 0.717) is 28.8 Å². The number of para-hydroxylation sites is 1. The van der Waals surface area contributed by atoms with Crippen LogP contribution in [0.2, 0.25) is 0 Å². The van der Waals surface area contributed by atoms with Crippen molar-refractivity contribution in [2.24, 2.45) is 0 Å². The number of rotatable bonds is 5. The van der Waals surface area contributed by atoms with Crippen LogP contribution in [0.1, 0.15) is 41.6 Å². The molecule has 0 unspecified atom stereocenters. The number of benzene rings is 2. The molecule has 3 heterocycles. The molecule has 0 radical (unpaired) electrons. The first-order chi connectivity index (χ1) is 16.5. The summed E-state index contributed by atoms with van der Waals surface area (Å²) >= 11 is 0. The van der Waals surface area contributed by atoms with Crippen LogP contribution in [-0.4, -0.2) is 35.3 Å². The van der Waals surface area contributed by atoms with E-state index in [-0.39, 0.29) is 22.6 Å². The third-order valence-electron chi connectivity index (χ3n) is 5.68. The zero-order valence-corrected chi connectivity index (χ0v) is 18.6. The lowest BCUT2D eigenvalue weighted by atomic mass is 10.1. The zero-order chi connectivity index (χ0) is 23.8. The monoisotopic (exact) mass is 454 g/mol. The standard InChI is InChI=1S/C24H22N8O2/c1-3-15-8-7-11-17-18(15)24(34)31(16-9-5-4-6-10-16)21(29-17)14(2)28-23(33)19-20(25)30-32-22(19)26-12-13-27-32/h4-14H,3H2,1-2H3,(H2,25,30)(H,28,33)/t14-/m0/s1. The van der Waals surface area contributed by atoms with Crippen molar-refractivity contribution in [1.29, 1.82) is 0 Å². The van der Waals surface area contributed by atoms with Gasteiger partial charge in [-0.2, -0.15) is 5.10 Å². The Morgan fingerprint density at radius 1 is 1.12 bits per heavy atom. The fourth-order valence-corrected chi connectivity index (χ4v) is 4.09. The van der Waals surface area contributed by atoms with E-state index in [0.717, 1.165) is 5.56 Å². The molecule has 10 heteroatoms. The highest BCUT2D eigenvalue weighted by Gasteiger charge is 2.25. The molecule has 1 amide bonds. The van der Waals surface area contributed by atoms with Crippen molar-refractivity contribution < 1.29 is 4.79 Å². The molecule has 0 aliphatic heterocycles. The summed E-state index contributed by atoms with van der Waals surface area (Å²) in [6, 6.07) is 14.2. The molecule has 5 aromatic rings. The molecule has 0 fully saturated rings. The lowest BCUT2D eigenvalue weighted by molar-refractivity contribution is 0.0940. The number of hydrogen-bond acceptors (Lipinski definition) is 7. The lowest BCUT2D eigenvalue weighted by Crippen LogP contribution is -2.33. The molecule has 0 aliphatic rings. The minimum Gasteiger partial charge on any atom is -0.381 e. The summed E-state index contributed by atoms with van der Waals surface area (Å²) in [5.74, 6) is -0.0846. The van der Waals surface area contributed by atoms with Crippen LogP contribution in [0.25, 0.3) is 22.2 Å². The van der Waals surface area contributed by atoms with E-state index in [1.54, 1.807) is 11.5 Å². The van der Waals surface area contributed by atoms with Crippen LogP contribution in [0.4, 0.5) is 5.82 Å². The van der Waals surface area contributed by atoms with Crippen molar-refractivity contribution in [3.8, 4) is 5.69 Å². The second-order valence-electron chi connectivity index (χ2n) is 7.82. The van der Waals surface area contributed by atoms with Gasteiger partial charge in [-0.25, -0.2) is 9.97 Å². The summed E-state index contributed by atoms with van der Waals surface area (Å²) in [5.41, 5.74) is 8.29. The molecule has 10 nitrogen and oxygen atoms in total. The van der Waals surface area contributed by atoms with E-state index in [9.17, 15) is 9.59 Å². The fourth-order valence-electron chi connectivity index (χ4n) is 4.09. The highest BCUT2D eigenvalue weighted by Crippen LogP contribution is 2.22. The largest absolute Gasteiger partial charge is 0.381 e. The van der Waals surface area contributed by atoms with Crippen LogP contribution in [0.3, 0.4) is 0 Å². The number of aryl methyl sites for hydroxylation is 1. The van der Waals surface area contributed by atoms with Gasteiger partial charge in [0, 0.05) is 6.20 Å². The van der Waals surface area contributed by atoms with Gasteiger partial charge in [-0.3, -0.25) is 14.2 Å². The van der Waals surface area contributed by atoms with Gasteiger partial charge in [0.25, 0.3) is 11.5 Å². The summed E-state index contributed by atoms with van der Waals surface area (Å²) in [6.45, 7) is 3.77. The molecule has 0 spiro atoms. The summed E-state index contributed by atoms with van der Waals surface area (Å²) in [5, 5.41) is 11.5. The Hall–Kier alpha value is -4.60. The van der Waals surface area contributed by atoms with E-state index in [1.807, 2.05) is 55.5 Å². The molecule has 0 aliphatic carbocycles. The maximum atomic E-state index is 13.7. The number of amides is 1. The molecule has 3 aromatic heterocycles. The first-order valence-electron chi connectivity index (χ1n) is 10.9. The number of fused-ring (bicyclic) bond motifs is 2. The molecule has 3 N–H and O–H groups in total. The van der Waals surface area contributed by atoms with Gasteiger partial charge in [0.15, 0.2) is 11.5 Å². The van der Waals surface area contributed by atoms with Crippen LogP contribution < -0.4 is 16.6 Å². The summed E-state index contributed by atoms with van der Waals surface area (Å²) in [6.07, 6.45) is 3.61. The minimum atomic E-state index is -0.638. The molecule has 0 bridgehead atoms. The topological polar surface area (TPSA) is 133 Å². The smallest absolute Gasteiger partial charge is 0.266 e. The van der Waals surface area contributed by atoms with Gasteiger partial charge in [-0.1, -0.05) is 37.3 Å². The predicted molar refractivity (Wildman–Crippen MR) is 128 cm³/mol. The number of nitrogens with zero attached hydrogens (tertiary/aromatic N) is 6. The van der Waals surface area contributed by atoms with Crippen molar-refractivity contribution in [2.45, 2.75) is 26.3 Å². The average Bonchev–Trinajstić information content (AvgIpc) is 3.19. The minimum absolute atomic E-state index is 0.00964. The van der Waals surface area contributed by atoms with Crippen molar-refractivity contribution in [1.82, 2.24) is 34.7 Å². The number of carbonyl (C=O) groups excluding carboxylic acids is 1. The summed E-state index contributed by atoms with van der Waals surface area (Å²) < 4.78 is 2.75. The van der Waals surface area contributed by atoms with Crippen LogP contribution >= 0.6 is 0 Å². The SMILES string of the molecule is CCc1cccc2nc([C@H](C)NC(=O)c3c(N)nn4nccnc34)n(-c3ccccc3)c(=O)c12. The normalized spacial score (nSPS) is 12.2. The van der Waals surface area contributed by atoms with Gasteiger partial charge < -0.3 is 11.1 Å². The second-order valence-corrected chi connectivity index (χ2v) is 7.82. The molecule has 34 heavy (non-hydrogen) atoms. The average molecular weight is 454 g/mol. The van der Waals surface area contributed by atoms with Crippen molar-refractivity contribution in [2.75, 3.05) is 5.73 Å². The number of carbonyl (C=O) groups is 1. The van der Waals surface area contributed by atoms with Gasteiger partial charge in [-0.15, -0.1) is 9.73 Å². The maximum absolute atomic E-state index is 13.7. The van der Waals surface area contributed by atoms with Crippen LogP contribution in [-0.2, 0) is 6.42 Å². The van der Waals surface area contributed by atoms with Gasteiger partial charge >= 0.3 is 0 Å². The Kier molecular flexibility index (Phi) is 5.25. The van der Waals surface area contributed by atoms with E-state index in [1.165, 1.54) is 17.0 Å². The second kappa shape index (κ2) is 8.39. The molecular formula is C24H22N8O2. The van der Waals surface area contributed by atoms with E-state index in [4.69, 9.17) is 10.7 Å². The van der Waals surface area contributed by atoms with Crippen molar-refractivity contribution >= 4 is 28.3 Å². The Balaban J connectivity index is 1.64. The highest BCUT2D eigenvalue weighted by atomic mass is 16.2. The van der Waals surface area contributed by atoms with E-state index in [2.05, 4.69) is 20.5 Å². The molecule has 2 aromatic carbocycles. The molecular weight excluding hydrogens is 432 g/mol. The summed E-state index contributed by atoms with van der Waals surface area (Å²) in [7, 11) is 0. The maximum Gasteiger partial charge on any atom is 0.266 e. The number of anilines is 1. The molecule has 1 atom stereocenters. The molecule has 0 saturated heterocycles. The van der Waals surface area contributed by atoms with Gasteiger partial charge in [0.1, 0.15) is 11.4 Å². The molecule has 5 rings (SSSR count). The molecule has 0 saturated carbocycles. The van der Waals surface area contributed by atoms with Crippen molar-refractivity contribution in [3.63, 3.8) is 0 Å². The van der Waals surface area contributed by atoms with Gasteiger partial charge in [0.05, 0.1) is 28.8 Å². The Bertz CT molecular complexity index is 1590. The first kappa shape index (κ1) is 21.3. The predicted octanol–water partition coefficient (Wildman–Crippen LogP) is 2.46. The fraction of sp³-hybridized carbons (Fsp3) is 0.167. The van der Waals surface area contributed by atoms with Crippen LogP contribution in [0.15, 0.2) is 65.7 Å². The van der Waals surface area contributed by atoms with Gasteiger partial charge in [-0.05, 0) is 37.1 Å². The van der Waals surface area contributed by atoms with E-state index < -0.39 is 11.9 Å². The highest BCUT2D eigenvalue weighted by molar-refractivity contribution is 6.04. The third kappa shape index (κ3) is 3.45. The van der Waals surface area contributed by atoms with Crippen LogP contribution in [0.5, 0.6) is 0 Å². The van der Waals surface area contributed by atoms with E-state index >= 15 is 0 Å². The lowest BCUT2D eigenvalue weighted by Gasteiger charge is -2.20. The van der Waals surface area contributed by atoms with Gasteiger partial charge in [0.2, 0.25) is 0 Å². The Morgan fingerprint density at radius 3 is 2.68 bits per heavy atom. The van der Waals surface area contributed by atoms with Crippen molar-refractivity contribution in [3.05, 3.63) is 88.2 Å². The Morgan fingerprint density at radius 2 is 1.91 bits per heavy atom.